The van der Waals surface area contributed by atoms with Crippen LogP contribution in [0.25, 0.3) is 0 Å². The highest BCUT2D eigenvalue weighted by Crippen LogP contribution is 2.28. The third-order valence-electron chi connectivity index (χ3n) is 2.48. The van der Waals surface area contributed by atoms with Crippen molar-refractivity contribution in [2.24, 2.45) is 5.92 Å². The third-order valence-corrected chi connectivity index (χ3v) is 2.90. The van der Waals surface area contributed by atoms with Gasteiger partial charge < -0.3 is 15.1 Å². The molecule has 0 aromatic carbocycles. The normalized spacial score (nSPS) is 15.1. The zero-order chi connectivity index (χ0) is 11.4. The monoisotopic (exact) mass is 286 g/mol. The Morgan fingerprint density at radius 2 is 2.25 bits per heavy atom. The quantitative estimate of drug-likeness (QED) is 0.782. The Morgan fingerprint density at radius 1 is 1.44 bits per heavy atom. The van der Waals surface area contributed by atoms with Gasteiger partial charge in [0.05, 0.1) is 6.54 Å². The van der Waals surface area contributed by atoms with Gasteiger partial charge in [-0.15, -0.1) is 0 Å². The van der Waals surface area contributed by atoms with Crippen molar-refractivity contribution in [1.29, 1.82) is 0 Å². The van der Waals surface area contributed by atoms with E-state index in [-0.39, 0.29) is 5.91 Å². The van der Waals surface area contributed by atoms with Crippen LogP contribution in [0, 0.1) is 5.92 Å². The maximum absolute atomic E-state index is 11.3. The SMILES string of the molecule is O=C(NCCNCc1ccc(Br)o1)C1CC1. The number of rotatable bonds is 6. The van der Waals surface area contributed by atoms with Gasteiger partial charge in [0.2, 0.25) is 5.91 Å². The van der Waals surface area contributed by atoms with Gasteiger partial charge in [0.15, 0.2) is 4.67 Å². The van der Waals surface area contributed by atoms with E-state index in [0.717, 1.165) is 29.8 Å². The lowest BCUT2D eigenvalue weighted by Gasteiger charge is -2.04. The Bertz CT molecular complexity index is 361. The van der Waals surface area contributed by atoms with Gasteiger partial charge in [-0.2, -0.15) is 0 Å². The number of nitrogens with one attached hydrogen (secondary N) is 2. The minimum Gasteiger partial charge on any atom is -0.453 e. The molecule has 1 aromatic heterocycles. The van der Waals surface area contributed by atoms with Crippen molar-refractivity contribution in [1.82, 2.24) is 10.6 Å². The highest BCUT2D eigenvalue weighted by molar-refractivity contribution is 9.10. The Labute approximate surface area is 103 Å². The van der Waals surface area contributed by atoms with Crippen LogP contribution in [0.5, 0.6) is 0 Å². The standard InChI is InChI=1S/C11H15BrN2O2/c12-10-4-3-9(16-10)7-13-5-6-14-11(15)8-1-2-8/h3-4,8,13H,1-2,5-7H2,(H,14,15). The Hall–Kier alpha value is -0.810. The highest BCUT2D eigenvalue weighted by atomic mass is 79.9. The van der Waals surface area contributed by atoms with Crippen molar-refractivity contribution >= 4 is 21.8 Å². The van der Waals surface area contributed by atoms with Crippen LogP contribution in [0.2, 0.25) is 0 Å². The van der Waals surface area contributed by atoms with Crippen LogP contribution in [0.1, 0.15) is 18.6 Å². The number of carbonyl (C=O) groups excluding carboxylic acids is 1. The van der Waals surface area contributed by atoms with Gasteiger partial charge in [0.1, 0.15) is 5.76 Å². The first-order valence-electron chi connectivity index (χ1n) is 5.48. The summed E-state index contributed by atoms with van der Waals surface area (Å²) >= 11 is 3.25. The smallest absolute Gasteiger partial charge is 0.223 e. The first kappa shape index (κ1) is 11.7. The van der Waals surface area contributed by atoms with Crippen LogP contribution >= 0.6 is 15.9 Å². The fourth-order valence-electron chi connectivity index (χ4n) is 1.42. The number of furan rings is 1. The molecule has 2 N–H and O–H groups in total. The maximum atomic E-state index is 11.3. The van der Waals surface area contributed by atoms with E-state index in [0.29, 0.717) is 19.0 Å². The second kappa shape index (κ2) is 5.50. The molecule has 1 amide bonds. The van der Waals surface area contributed by atoms with Crippen LogP contribution in [0.3, 0.4) is 0 Å². The van der Waals surface area contributed by atoms with E-state index < -0.39 is 0 Å². The van der Waals surface area contributed by atoms with Gasteiger partial charge in [-0.05, 0) is 40.9 Å². The minimum atomic E-state index is 0.197. The van der Waals surface area contributed by atoms with Gasteiger partial charge in [-0.3, -0.25) is 4.79 Å². The van der Waals surface area contributed by atoms with Gasteiger partial charge in [0, 0.05) is 19.0 Å². The summed E-state index contributed by atoms with van der Waals surface area (Å²) in [7, 11) is 0. The van der Waals surface area contributed by atoms with Gasteiger partial charge in [-0.1, -0.05) is 0 Å². The van der Waals surface area contributed by atoms with Crippen molar-refractivity contribution in [2.45, 2.75) is 19.4 Å². The molecule has 1 fully saturated rings. The van der Waals surface area contributed by atoms with Crippen molar-refractivity contribution in [3.05, 3.63) is 22.6 Å². The third kappa shape index (κ3) is 3.64. The van der Waals surface area contributed by atoms with E-state index in [4.69, 9.17) is 4.42 Å². The molecule has 0 saturated heterocycles. The molecule has 1 aliphatic carbocycles. The van der Waals surface area contributed by atoms with Gasteiger partial charge >= 0.3 is 0 Å². The van der Waals surface area contributed by atoms with Crippen LogP contribution in [0.4, 0.5) is 0 Å². The molecule has 4 nitrogen and oxygen atoms in total. The highest BCUT2D eigenvalue weighted by Gasteiger charge is 2.28. The zero-order valence-electron chi connectivity index (χ0n) is 8.96. The molecule has 5 heteroatoms. The second-order valence-electron chi connectivity index (χ2n) is 3.95. The molecule has 0 radical (unpaired) electrons. The van der Waals surface area contributed by atoms with Crippen LogP contribution in [0.15, 0.2) is 21.2 Å². The molecular weight excluding hydrogens is 272 g/mol. The van der Waals surface area contributed by atoms with Gasteiger partial charge in [0.25, 0.3) is 0 Å². The molecule has 0 spiro atoms. The van der Waals surface area contributed by atoms with Crippen molar-refractivity contribution in [3.8, 4) is 0 Å². The summed E-state index contributed by atoms with van der Waals surface area (Å²) in [5, 5.41) is 6.10. The summed E-state index contributed by atoms with van der Waals surface area (Å²) in [6.07, 6.45) is 2.11. The predicted octanol–water partition coefficient (Wildman–Crippen LogP) is 1.66. The molecule has 1 aromatic rings. The fourth-order valence-corrected chi connectivity index (χ4v) is 1.76. The van der Waals surface area contributed by atoms with Crippen molar-refractivity contribution in [2.75, 3.05) is 13.1 Å². The molecule has 16 heavy (non-hydrogen) atoms. The summed E-state index contributed by atoms with van der Waals surface area (Å²) in [4.78, 5) is 11.3. The summed E-state index contributed by atoms with van der Waals surface area (Å²) < 4.78 is 6.07. The molecule has 2 rings (SSSR count). The molecule has 88 valence electrons. The molecule has 1 aliphatic rings. The van der Waals surface area contributed by atoms with E-state index in [1.807, 2.05) is 12.1 Å². The van der Waals surface area contributed by atoms with E-state index in [1.165, 1.54) is 0 Å². The number of halogens is 1. The van der Waals surface area contributed by atoms with E-state index in [1.54, 1.807) is 0 Å². The maximum Gasteiger partial charge on any atom is 0.223 e. The molecule has 1 heterocycles. The van der Waals surface area contributed by atoms with E-state index in [2.05, 4.69) is 26.6 Å². The minimum absolute atomic E-state index is 0.197. The molecule has 0 atom stereocenters. The Balaban J connectivity index is 1.53. The molecule has 1 saturated carbocycles. The molecule has 0 unspecified atom stereocenters. The number of amides is 1. The summed E-state index contributed by atoms with van der Waals surface area (Å²) in [5.74, 6) is 1.38. The lowest BCUT2D eigenvalue weighted by molar-refractivity contribution is -0.122. The lowest BCUT2D eigenvalue weighted by atomic mass is 10.4. The number of hydrogen-bond acceptors (Lipinski definition) is 3. The van der Waals surface area contributed by atoms with E-state index in [9.17, 15) is 4.79 Å². The second-order valence-corrected chi connectivity index (χ2v) is 4.73. The topological polar surface area (TPSA) is 54.3 Å². The average molecular weight is 287 g/mol. The predicted molar refractivity (Wildman–Crippen MR) is 63.8 cm³/mol. The van der Waals surface area contributed by atoms with Crippen LogP contribution in [-0.2, 0) is 11.3 Å². The Morgan fingerprint density at radius 3 is 2.88 bits per heavy atom. The summed E-state index contributed by atoms with van der Waals surface area (Å²) in [6, 6.07) is 3.78. The average Bonchev–Trinajstić information content (AvgIpc) is 3.03. The fraction of sp³-hybridized carbons (Fsp3) is 0.545. The lowest BCUT2D eigenvalue weighted by Crippen LogP contribution is -2.32. The first-order valence-corrected chi connectivity index (χ1v) is 6.27. The van der Waals surface area contributed by atoms with Crippen molar-refractivity contribution in [3.63, 3.8) is 0 Å². The number of hydrogen-bond donors (Lipinski definition) is 2. The van der Waals surface area contributed by atoms with Gasteiger partial charge in [-0.25, -0.2) is 0 Å². The molecule has 0 bridgehead atoms. The van der Waals surface area contributed by atoms with Crippen LogP contribution < -0.4 is 10.6 Å². The summed E-state index contributed by atoms with van der Waals surface area (Å²) in [6.45, 7) is 2.12. The number of carbonyl (C=O) groups is 1. The largest absolute Gasteiger partial charge is 0.453 e. The van der Waals surface area contributed by atoms with Crippen LogP contribution in [-0.4, -0.2) is 19.0 Å². The van der Waals surface area contributed by atoms with E-state index >= 15 is 0 Å². The zero-order valence-corrected chi connectivity index (χ0v) is 10.5. The first-order chi connectivity index (χ1) is 7.75. The van der Waals surface area contributed by atoms with Crippen molar-refractivity contribution < 1.29 is 9.21 Å². The summed E-state index contributed by atoms with van der Waals surface area (Å²) in [5.41, 5.74) is 0. The molecular formula is C11H15BrN2O2. The Kier molecular flexibility index (Phi) is 4.01. The molecule has 0 aliphatic heterocycles.